The maximum absolute atomic E-state index is 13.4. The SMILES string of the molecule is NS(=O)(=O)c1cccc(NC(=O)COC(=O)/C=C/c2ccccc2F)c1. The zero-order valence-electron chi connectivity index (χ0n) is 13.4. The Balaban J connectivity index is 1.89. The summed E-state index contributed by atoms with van der Waals surface area (Å²) < 4.78 is 40.6. The molecule has 0 radical (unpaired) electrons. The average molecular weight is 378 g/mol. The Hall–Kier alpha value is -3.04. The van der Waals surface area contributed by atoms with E-state index in [0.29, 0.717) is 0 Å². The number of nitrogens with one attached hydrogen (secondary N) is 1. The molecule has 0 fully saturated rings. The first-order chi connectivity index (χ1) is 12.3. The number of nitrogens with two attached hydrogens (primary N) is 1. The van der Waals surface area contributed by atoms with E-state index in [2.05, 4.69) is 5.32 Å². The van der Waals surface area contributed by atoms with E-state index in [9.17, 15) is 22.4 Å². The number of esters is 1. The quantitative estimate of drug-likeness (QED) is 0.586. The summed E-state index contributed by atoms with van der Waals surface area (Å²) in [5, 5.41) is 7.38. The number of primary sulfonamides is 1. The Morgan fingerprint density at radius 3 is 2.58 bits per heavy atom. The van der Waals surface area contributed by atoms with Gasteiger partial charge in [-0.25, -0.2) is 22.7 Å². The highest BCUT2D eigenvalue weighted by Crippen LogP contribution is 2.14. The molecule has 26 heavy (non-hydrogen) atoms. The molecule has 0 heterocycles. The number of amides is 1. The third-order valence-corrected chi connectivity index (χ3v) is 4.01. The molecule has 1 amide bonds. The predicted octanol–water partition coefficient (Wildman–Crippen LogP) is 1.67. The Morgan fingerprint density at radius 1 is 1.15 bits per heavy atom. The number of ether oxygens (including phenoxy) is 1. The van der Waals surface area contributed by atoms with Gasteiger partial charge in [-0.3, -0.25) is 4.79 Å². The van der Waals surface area contributed by atoms with Crippen LogP contribution in [0, 0.1) is 5.82 Å². The molecule has 0 aliphatic carbocycles. The van der Waals surface area contributed by atoms with E-state index in [0.717, 1.165) is 6.08 Å². The van der Waals surface area contributed by atoms with Crippen LogP contribution in [-0.2, 0) is 24.3 Å². The number of halogens is 1. The standard InChI is InChI=1S/C17H15FN2O5S/c18-15-7-2-1-4-12(15)8-9-17(22)25-11-16(21)20-13-5-3-6-14(10-13)26(19,23)24/h1-10H,11H2,(H,20,21)(H2,19,23,24)/b9-8+. The van der Waals surface area contributed by atoms with Crippen LogP contribution in [0.5, 0.6) is 0 Å². The van der Waals surface area contributed by atoms with Crippen LogP contribution < -0.4 is 10.5 Å². The largest absolute Gasteiger partial charge is 0.452 e. The van der Waals surface area contributed by atoms with E-state index >= 15 is 0 Å². The summed E-state index contributed by atoms with van der Waals surface area (Å²) in [4.78, 5) is 23.1. The summed E-state index contributed by atoms with van der Waals surface area (Å²) in [5.74, 6) is -2.00. The van der Waals surface area contributed by atoms with Crippen LogP contribution >= 0.6 is 0 Å². The number of hydrogen-bond donors (Lipinski definition) is 2. The van der Waals surface area contributed by atoms with Crippen LogP contribution in [0.2, 0.25) is 0 Å². The molecule has 7 nitrogen and oxygen atoms in total. The number of anilines is 1. The van der Waals surface area contributed by atoms with Crippen molar-refractivity contribution in [3.05, 3.63) is 66.0 Å². The van der Waals surface area contributed by atoms with Crippen molar-refractivity contribution >= 4 is 33.7 Å². The summed E-state index contributed by atoms with van der Waals surface area (Å²) in [6, 6.07) is 11.1. The lowest BCUT2D eigenvalue weighted by Gasteiger charge is -2.06. The lowest BCUT2D eigenvalue weighted by Crippen LogP contribution is -2.20. The van der Waals surface area contributed by atoms with Crippen molar-refractivity contribution < 1.29 is 27.1 Å². The molecule has 2 rings (SSSR count). The normalized spacial score (nSPS) is 11.3. The maximum atomic E-state index is 13.4. The Bertz CT molecular complexity index is 957. The molecular weight excluding hydrogens is 363 g/mol. The van der Waals surface area contributed by atoms with Crippen molar-refractivity contribution in [3.63, 3.8) is 0 Å². The van der Waals surface area contributed by atoms with Crippen LogP contribution in [-0.4, -0.2) is 26.9 Å². The fraction of sp³-hybridized carbons (Fsp3) is 0.0588. The first-order valence-corrected chi connectivity index (χ1v) is 8.82. The molecule has 0 saturated heterocycles. The lowest BCUT2D eigenvalue weighted by molar-refractivity contribution is -0.142. The first kappa shape index (κ1) is 19.3. The molecule has 0 saturated carbocycles. The topological polar surface area (TPSA) is 116 Å². The Morgan fingerprint density at radius 2 is 1.88 bits per heavy atom. The summed E-state index contributed by atoms with van der Waals surface area (Å²) in [7, 11) is -3.90. The second-order valence-electron chi connectivity index (χ2n) is 5.08. The molecule has 3 N–H and O–H groups in total. The number of rotatable bonds is 6. The molecule has 0 atom stereocenters. The van der Waals surface area contributed by atoms with Gasteiger partial charge in [-0.15, -0.1) is 0 Å². The van der Waals surface area contributed by atoms with Gasteiger partial charge in [-0.05, 0) is 30.3 Å². The molecule has 0 aliphatic rings. The zero-order chi connectivity index (χ0) is 19.2. The fourth-order valence-corrected chi connectivity index (χ4v) is 2.46. The molecule has 0 aromatic heterocycles. The van der Waals surface area contributed by atoms with Gasteiger partial charge in [0, 0.05) is 17.3 Å². The minimum atomic E-state index is -3.90. The van der Waals surface area contributed by atoms with E-state index in [4.69, 9.17) is 9.88 Å². The number of sulfonamides is 1. The number of carbonyl (C=O) groups is 2. The highest BCUT2D eigenvalue weighted by molar-refractivity contribution is 7.89. The van der Waals surface area contributed by atoms with E-state index in [1.165, 1.54) is 48.5 Å². The van der Waals surface area contributed by atoms with Crippen molar-refractivity contribution in [2.75, 3.05) is 11.9 Å². The summed E-state index contributed by atoms with van der Waals surface area (Å²) >= 11 is 0. The number of benzene rings is 2. The number of carbonyl (C=O) groups excluding carboxylic acids is 2. The molecule has 2 aromatic rings. The molecule has 136 valence electrons. The molecule has 2 aromatic carbocycles. The van der Waals surface area contributed by atoms with Crippen LogP contribution in [0.4, 0.5) is 10.1 Å². The van der Waals surface area contributed by atoms with Crippen molar-refractivity contribution in [3.8, 4) is 0 Å². The molecular formula is C17H15FN2O5S. The van der Waals surface area contributed by atoms with Gasteiger partial charge in [0.05, 0.1) is 4.90 Å². The minimum Gasteiger partial charge on any atom is -0.452 e. The van der Waals surface area contributed by atoms with Gasteiger partial charge >= 0.3 is 5.97 Å². The van der Waals surface area contributed by atoms with E-state index in [-0.39, 0.29) is 16.1 Å². The van der Waals surface area contributed by atoms with Gasteiger partial charge < -0.3 is 10.1 Å². The highest BCUT2D eigenvalue weighted by atomic mass is 32.2. The smallest absolute Gasteiger partial charge is 0.331 e. The second kappa shape index (κ2) is 8.37. The van der Waals surface area contributed by atoms with Gasteiger partial charge in [-0.2, -0.15) is 0 Å². The van der Waals surface area contributed by atoms with Gasteiger partial charge in [0.25, 0.3) is 5.91 Å². The molecule has 0 bridgehead atoms. The van der Waals surface area contributed by atoms with Crippen LogP contribution in [0.15, 0.2) is 59.5 Å². The van der Waals surface area contributed by atoms with E-state index in [1.807, 2.05) is 0 Å². The maximum Gasteiger partial charge on any atom is 0.331 e. The fourth-order valence-electron chi connectivity index (χ4n) is 1.90. The van der Waals surface area contributed by atoms with Gasteiger partial charge in [0.1, 0.15) is 5.82 Å². The molecule has 9 heteroatoms. The van der Waals surface area contributed by atoms with Crippen LogP contribution in [0.25, 0.3) is 6.08 Å². The predicted molar refractivity (Wildman–Crippen MR) is 92.8 cm³/mol. The van der Waals surface area contributed by atoms with Gasteiger partial charge in [-0.1, -0.05) is 24.3 Å². The summed E-state index contributed by atoms with van der Waals surface area (Å²) in [6.07, 6.45) is 2.22. The second-order valence-corrected chi connectivity index (χ2v) is 6.64. The monoisotopic (exact) mass is 378 g/mol. The summed E-state index contributed by atoms with van der Waals surface area (Å²) in [6.45, 7) is -0.597. The van der Waals surface area contributed by atoms with Crippen molar-refractivity contribution in [1.82, 2.24) is 0 Å². The third kappa shape index (κ3) is 5.80. The number of hydrogen-bond acceptors (Lipinski definition) is 5. The highest BCUT2D eigenvalue weighted by Gasteiger charge is 2.10. The van der Waals surface area contributed by atoms with Crippen LogP contribution in [0.3, 0.4) is 0 Å². The van der Waals surface area contributed by atoms with E-state index < -0.39 is 34.3 Å². The molecule has 0 spiro atoms. The van der Waals surface area contributed by atoms with Crippen LogP contribution in [0.1, 0.15) is 5.56 Å². The van der Waals surface area contributed by atoms with Crippen molar-refractivity contribution in [2.45, 2.75) is 4.90 Å². The first-order valence-electron chi connectivity index (χ1n) is 7.28. The summed E-state index contributed by atoms with van der Waals surface area (Å²) in [5.41, 5.74) is 0.383. The van der Waals surface area contributed by atoms with E-state index in [1.54, 1.807) is 6.07 Å². The van der Waals surface area contributed by atoms with Crippen molar-refractivity contribution in [2.24, 2.45) is 5.14 Å². The molecule has 0 unspecified atom stereocenters. The third-order valence-electron chi connectivity index (χ3n) is 3.10. The minimum absolute atomic E-state index is 0.167. The van der Waals surface area contributed by atoms with Gasteiger partial charge in [0.2, 0.25) is 10.0 Å². The Kier molecular flexibility index (Phi) is 6.21. The zero-order valence-corrected chi connectivity index (χ0v) is 14.2. The van der Waals surface area contributed by atoms with Crippen molar-refractivity contribution in [1.29, 1.82) is 0 Å². The lowest BCUT2D eigenvalue weighted by atomic mass is 10.2. The Labute approximate surface area is 149 Å². The molecule has 0 aliphatic heterocycles. The average Bonchev–Trinajstić information content (AvgIpc) is 2.59. The van der Waals surface area contributed by atoms with Gasteiger partial charge in [0.15, 0.2) is 6.61 Å².